The van der Waals surface area contributed by atoms with Gasteiger partial charge in [0.1, 0.15) is 4.90 Å². The molecule has 0 aromatic heterocycles. The Morgan fingerprint density at radius 2 is 1.80 bits per heavy atom. The number of hydrogen-bond donors (Lipinski definition) is 1. The number of carbonyl (C=O) groups is 1. The van der Waals surface area contributed by atoms with Crippen molar-refractivity contribution >= 4 is 44.8 Å². The van der Waals surface area contributed by atoms with E-state index in [4.69, 9.17) is 23.2 Å². The second-order valence-electron chi connectivity index (χ2n) is 5.70. The van der Waals surface area contributed by atoms with E-state index >= 15 is 0 Å². The van der Waals surface area contributed by atoms with E-state index in [9.17, 15) is 13.2 Å². The zero-order chi connectivity index (χ0) is 18.8. The summed E-state index contributed by atoms with van der Waals surface area (Å²) in [5.41, 5.74) is 2.62. The molecular formula is C17H18Cl2N2O3S. The van der Waals surface area contributed by atoms with Gasteiger partial charge in [0, 0.05) is 17.8 Å². The van der Waals surface area contributed by atoms with Gasteiger partial charge in [-0.25, -0.2) is 8.42 Å². The molecule has 1 N–H and O–H groups in total. The number of aryl methyl sites for hydroxylation is 2. The maximum Gasteiger partial charge on any atom is 0.244 e. The molecule has 0 fully saturated rings. The third-order valence-electron chi connectivity index (χ3n) is 3.60. The first-order valence-corrected chi connectivity index (χ1v) is 9.59. The van der Waals surface area contributed by atoms with E-state index in [1.807, 2.05) is 26.0 Å². The molecule has 1 amide bonds. The van der Waals surface area contributed by atoms with Crippen molar-refractivity contribution < 1.29 is 13.2 Å². The van der Waals surface area contributed by atoms with Crippen molar-refractivity contribution in [2.24, 2.45) is 0 Å². The number of benzene rings is 2. The van der Waals surface area contributed by atoms with Crippen molar-refractivity contribution in [3.05, 3.63) is 57.6 Å². The Hall–Kier alpha value is -1.60. The van der Waals surface area contributed by atoms with Gasteiger partial charge in [-0.3, -0.25) is 4.79 Å². The largest absolute Gasteiger partial charge is 0.325 e. The normalized spacial score (nSPS) is 11.6. The van der Waals surface area contributed by atoms with Crippen LogP contribution in [0.3, 0.4) is 0 Å². The van der Waals surface area contributed by atoms with E-state index in [-0.39, 0.29) is 21.5 Å². The monoisotopic (exact) mass is 400 g/mol. The molecule has 0 bridgehead atoms. The van der Waals surface area contributed by atoms with Crippen LogP contribution in [0.2, 0.25) is 10.0 Å². The summed E-state index contributed by atoms with van der Waals surface area (Å²) < 4.78 is 26.1. The Morgan fingerprint density at radius 3 is 2.44 bits per heavy atom. The molecule has 0 aliphatic heterocycles. The van der Waals surface area contributed by atoms with Crippen molar-refractivity contribution in [3.63, 3.8) is 0 Å². The zero-order valence-electron chi connectivity index (χ0n) is 14.0. The van der Waals surface area contributed by atoms with Crippen LogP contribution in [-0.2, 0) is 14.8 Å². The Morgan fingerprint density at radius 1 is 1.12 bits per heavy atom. The van der Waals surface area contributed by atoms with Crippen LogP contribution in [0.1, 0.15) is 11.1 Å². The first-order chi connectivity index (χ1) is 11.6. The van der Waals surface area contributed by atoms with Gasteiger partial charge in [-0.05, 0) is 43.7 Å². The quantitative estimate of drug-likeness (QED) is 0.827. The third-order valence-corrected chi connectivity index (χ3v) is 6.12. The summed E-state index contributed by atoms with van der Waals surface area (Å²) in [6, 6.07) is 9.75. The first-order valence-electron chi connectivity index (χ1n) is 7.40. The molecular weight excluding hydrogens is 383 g/mol. The molecule has 25 heavy (non-hydrogen) atoms. The molecule has 0 heterocycles. The molecule has 0 aliphatic carbocycles. The van der Waals surface area contributed by atoms with Crippen LogP contribution in [0.4, 0.5) is 5.69 Å². The van der Waals surface area contributed by atoms with Gasteiger partial charge in [0.15, 0.2) is 0 Å². The Labute approximate surface area is 157 Å². The summed E-state index contributed by atoms with van der Waals surface area (Å²) in [7, 11) is -2.63. The van der Waals surface area contributed by atoms with Crippen LogP contribution in [-0.4, -0.2) is 32.2 Å². The van der Waals surface area contributed by atoms with Crippen LogP contribution < -0.4 is 5.32 Å². The number of rotatable bonds is 5. The lowest BCUT2D eigenvalue weighted by Gasteiger charge is -2.18. The Kier molecular flexibility index (Phi) is 6.11. The highest BCUT2D eigenvalue weighted by molar-refractivity contribution is 7.89. The Bertz CT molecular complexity index is 914. The predicted molar refractivity (Wildman–Crippen MR) is 101 cm³/mol. The topological polar surface area (TPSA) is 66.5 Å². The van der Waals surface area contributed by atoms with Crippen LogP contribution >= 0.6 is 23.2 Å². The lowest BCUT2D eigenvalue weighted by atomic mass is 10.1. The van der Waals surface area contributed by atoms with Gasteiger partial charge in [0.25, 0.3) is 0 Å². The molecule has 2 aromatic rings. The lowest BCUT2D eigenvalue weighted by molar-refractivity contribution is -0.116. The summed E-state index contributed by atoms with van der Waals surface area (Å²) >= 11 is 11.8. The second-order valence-corrected chi connectivity index (χ2v) is 8.56. The summed E-state index contributed by atoms with van der Waals surface area (Å²) in [6.45, 7) is 3.47. The molecule has 0 atom stereocenters. The van der Waals surface area contributed by atoms with Crippen LogP contribution in [0.25, 0.3) is 0 Å². The average molecular weight is 401 g/mol. The number of amides is 1. The number of nitrogens with one attached hydrogen (secondary N) is 1. The van der Waals surface area contributed by atoms with E-state index in [0.717, 1.165) is 15.4 Å². The minimum absolute atomic E-state index is 0.0473. The number of sulfonamides is 1. The van der Waals surface area contributed by atoms with Gasteiger partial charge in [-0.15, -0.1) is 0 Å². The van der Waals surface area contributed by atoms with Crippen LogP contribution in [0, 0.1) is 13.8 Å². The lowest BCUT2D eigenvalue weighted by Crippen LogP contribution is -2.35. The predicted octanol–water partition coefficient (Wildman–Crippen LogP) is 3.87. The summed E-state index contributed by atoms with van der Waals surface area (Å²) in [4.78, 5) is 12.1. The number of halogens is 2. The Balaban J connectivity index is 2.16. The fraction of sp³-hybridized carbons (Fsp3) is 0.235. The third kappa shape index (κ3) is 4.73. The fourth-order valence-corrected chi connectivity index (χ4v) is 4.13. The molecule has 0 aliphatic rings. The minimum Gasteiger partial charge on any atom is -0.325 e. The van der Waals surface area contributed by atoms with Gasteiger partial charge in [0.05, 0.1) is 11.6 Å². The van der Waals surface area contributed by atoms with Gasteiger partial charge in [-0.1, -0.05) is 40.9 Å². The molecule has 0 unspecified atom stereocenters. The number of hydrogen-bond acceptors (Lipinski definition) is 3. The van der Waals surface area contributed by atoms with Crippen LogP contribution in [0.5, 0.6) is 0 Å². The highest BCUT2D eigenvalue weighted by Gasteiger charge is 2.25. The highest BCUT2D eigenvalue weighted by atomic mass is 35.5. The number of carbonyl (C=O) groups excluding carboxylic acids is 1. The zero-order valence-corrected chi connectivity index (χ0v) is 16.3. The summed E-state index contributed by atoms with van der Waals surface area (Å²) in [5.74, 6) is -0.448. The molecule has 2 aromatic carbocycles. The molecule has 0 saturated carbocycles. The van der Waals surface area contributed by atoms with Gasteiger partial charge >= 0.3 is 0 Å². The minimum atomic E-state index is -3.94. The maximum absolute atomic E-state index is 12.6. The molecule has 0 spiro atoms. The van der Waals surface area contributed by atoms with E-state index < -0.39 is 15.9 Å². The van der Waals surface area contributed by atoms with E-state index in [1.165, 1.54) is 25.2 Å². The number of anilines is 1. The van der Waals surface area contributed by atoms with Crippen molar-refractivity contribution in [3.8, 4) is 0 Å². The number of nitrogens with zero attached hydrogens (tertiary/aromatic N) is 1. The van der Waals surface area contributed by atoms with Crippen molar-refractivity contribution in [1.29, 1.82) is 0 Å². The van der Waals surface area contributed by atoms with E-state index in [2.05, 4.69) is 5.32 Å². The fourth-order valence-electron chi connectivity index (χ4n) is 2.27. The summed E-state index contributed by atoms with van der Waals surface area (Å²) in [6.07, 6.45) is 0. The van der Waals surface area contributed by atoms with Crippen LogP contribution in [0.15, 0.2) is 41.3 Å². The highest BCUT2D eigenvalue weighted by Crippen LogP contribution is 2.27. The first kappa shape index (κ1) is 19.7. The average Bonchev–Trinajstić information content (AvgIpc) is 2.52. The molecule has 5 nitrogen and oxygen atoms in total. The maximum atomic E-state index is 12.6. The SMILES string of the molecule is Cc1ccc(NC(=O)CN(C)S(=O)(=O)c2cc(Cl)ccc2Cl)c(C)c1. The molecule has 2 rings (SSSR count). The number of likely N-dealkylation sites (N-methyl/N-ethyl adjacent to an activating group) is 1. The van der Waals surface area contributed by atoms with Gasteiger partial charge in [-0.2, -0.15) is 4.31 Å². The second kappa shape index (κ2) is 7.74. The van der Waals surface area contributed by atoms with Crippen molar-refractivity contribution in [1.82, 2.24) is 4.31 Å². The van der Waals surface area contributed by atoms with E-state index in [0.29, 0.717) is 5.69 Å². The van der Waals surface area contributed by atoms with Crippen molar-refractivity contribution in [2.75, 3.05) is 18.9 Å². The van der Waals surface area contributed by atoms with Crippen molar-refractivity contribution in [2.45, 2.75) is 18.7 Å². The molecule has 134 valence electrons. The smallest absolute Gasteiger partial charge is 0.244 e. The molecule has 0 saturated heterocycles. The van der Waals surface area contributed by atoms with Gasteiger partial charge in [0.2, 0.25) is 15.9 Å². The summed E-state index contributed by atoms with van der Waals surface area (Å²) in [5, 5.41) is 3.01. The standard InChI is InChI=1S/C17H18Cl2N2O3S/c1-11-4-7-15(12(2)8-11)20-17(22)10-21(3)25(23,24)16-9-13(18)5-6-14(16)19/h4-9H,10H2,1-3H3,(H,20,22). The molecule has 8 heteroatoms. The van der Waals surface area contributed by atoms with Gasteiger partial charge < -0.3 is 5.32 Å². The van der Waals surface area contributed by atoms with E-state index in [1.54, 1.807) is 6.07 Å². The molecule has 0 radical (unpaired) electrons.